The molecule has 0 N–H and O–H groups in total. The summed E-state index contributed by atoms with van der Waals surface area (Å²) in [6.07, 6.45) is -0.955. The number of esters is 1. The topological polar surface area (TPSA) is 65.1 Å². The van der Waals surface area contributed by atoms with Crippen LogP contribution in [0.3, 0.4) is 0 Å². The number of hydrogen-bond acceptors (Lipinski definition) is 6. The average Bonchev–Trinajstić information content (AvgIpc) is 3.18. The number of carbonyl (C=O) groups is 2. The number of thiophene rings is 1. The number of amides is 1. The molecule has 2 heterocycles. The van der Waals surface area contributed by atoms with Crippen molar-refractivity contribution < 1.29 is 28.2 Å². The van der Waals surface area contributed by atoms with E-state index in [1.54, 1.807) is 36.1 Å². The summed E-state index contributed by atoms with van der Waals surface area (Å²) in [5.41, 5.74) is 0.415. The van der Waals surface area contributed by atoms with E-state index in [1.165, 1.54) is 6.07 Å². The summed E-state index contributed by atoms with van der Waals surface area (Å²) in [5, 5.41) is 0.336. The molecule has 1 amide bonds. The normalized spacial score (nSPS) is 15.0. The second-order valence-corrected chi connectivity index (χ2v) is 8.16. The van der Waals surface area contributed by atoms with Crippen LogP contribution in [0.2, 0.25) is 0 Å². The number of morpholine rings is 1. The third-order valence-corrected chi connectivity index (χ3v) is 6.21. The lowest BCUT2D eigenvalue weighted by atomic mass is 10.1. The fraction of sp³-hybridized carbons (Fsp3) is 0.304. The Bertz CT molecular complexity index is 1080. The second kappa shape index (κ2) is 9.45. The van der Waals surface area contributed by atoms with Gasteiger partial charge in [0.25, 0.3) is 5.91 Å². The highest BCUT2D eigenvalue weighted by molar-refractivity contribution is 7.21. The highest BCUT2D eigenvalue weighted by Gasteiger charge is 2.28. The summed E-state index contributed by atoms with van der Waals surface area (Å²) < 4.78 is 31.8. The van der Waals surface area contributed by atoms with E-state index in [0.29, 0.717) is 47.7 Å². The molecular weight excluding hydrogens is 421 g/mol. The molecule has 1 atom stereocenters. The first-order valence-corrected chi connectivity index (χ1v) is 10.8. The van der Waals surface area contributed by atoms with E-state index in [0.717, 1.165) is 11.3 Å². The van der Waals surface area contributed by atoms with Crippen LogP contribution in [-0.2, 0) is 20.9 Å². The predicted octanol–water partition coefficient (Wildman–Crippen LogP) is 4.02. The molecule has 2 aromatic carbocycles. The van der Waals surface area contributed by atoms with Crippen LogP contribution in [0.5, 0.6) is 5.75 Å². The first kappa shape index (κ1) is 21.3. The Hall–Kier alpha value is -2.97. The van der Waals surface area contributed by atoms with Gasteiger partial charge in [0.1, 0.15) is 23.1 Å². The van der Waals surface area contributed by atoms with Gasteiger partial charge in [-0.1, -0.05) is 24.3 Å². The van der Waals surface area contributed by atoms with Crippen LogP contribution in [-0.4, -0.2) is 49.2 Å². The van der Waals surface area contributed by atoms with Crippen LogP contribution < -0.4 is 4.74 Å². The lowest BCUT2D eigenvalue weighted by Crippen LogP contribution is -2.46. The Kier molecular flexibility index (Phi) is 6.48. The highest BCUT2D eigenvalue weighted by atomic mass is 32.1. The fourth-order valence-electron chi connectivity index (χ4n) is 3.45. The van der Waals surface area contributed by atoms with Crippen molar-refractivity contribution in [1.82, 2.24) is 4.90 Å². The summed E-state index contributed by atoms with van der Waals surface area (Å²) >= 11 is 1.13. The summed E-state index contributed by atoms with van der Waals surface area (Å²) in [5.74, 6) is -0.766. The van der Waals surface area contributed by atoms with Crippen molar-refractivity contribution in [2.24, 2.45) is 0 Å². The molecule has 1 aliphatic heterocycles. The minimum atomic E-state index is -0.955. The lowest BCUT2D eigenvalue weighted by Gasteiger charge is -2.28. The van der Waals surface area contributed by atoms with Crippen LogP contribution in [0.1, 0.15) is 22.2 Å². The smallest absolute Gasteiger partial charge is 0.349 e. The van der Waals surface area contributed by atoms with Gasteiger partial charge in [0.15, 0.2) is 6.10 Å². The maximum Gasteiger partial charge on any atom is 0.349 e. The van der Waals surface area contributed by atoms with Gasteiger partial charge < -0.3 is 19.1 Å². The predicted molar refractivity (Wildman–Crippen MR) is 115 cm³/mol. The molecule has 0 unspecified atom stereocenters. The molecule has 4 rings (SSSR count). The first-order chi connectivity index (χ1) is 15.0. The number of ether oxygens (including phenoxy) is 3. The van der Waals surface area contributed by atoms with Gasteiger partial charge >= 0.3 is 5.97 Å². The molecule has 0 saturated carbocycles. The number of nitrogens with zero attached hydrogens (tertiary/aromatic N) is 1. The molecule has 1 fully saturated rings. The molecule has 162 valence electrons. The zero-order valence-electron chi connectivity index (χ0n) is 17.0. The molecule has 0 aliphatic carbocycles. The Balaban J connectivity index is 1.57. The number of benzene rings is 2. The molecule has 1 aromatic heterocycles. The zero-order valence-corrected chi connectivity index (χ0v) is 17.8. The van der Waals surface area contributed by atoms with Crippen molar-refractivity contribution in [1.29, 1.82) is 0 Å². The molecule has 6 nitrogen and oxygen atoms in total. The van der Waals surface area contributed by atoms with E-state index in [9.17, 15) is 14.0 Å². The standard InChI is InChI=1S/C23H22FNO5S/c1-15(22(26)25-10-12-28-13-11-25)30-23(27)21-17(14-29-16-6-3-2-4-7-16)20-18(24)8-5-9-19(20)31-21/h2-9,15H,10-14H2,1H3/t15-/m0/s1. The van der Waals surface area contributed by atoms with Gasteiger partial charge in [0.2, 0.25) is 0 Å². The third-order valence-electron chi connectivity index (χ3n) is 5.03. The van der Waals surface area contributed by atoms with Crippen molar-refractivity contribution in [3.8, 4) is 5.75 Å². The van der Waals surface area contributed by atoms with Crippen LogP contribution in [0.25, 0.3) is 10.1 Å². The van der Waals surface area contributed by atoms with E-state index < -0.39 is 17.9 Å². The van der Waals surface area contributed by atoms with Crippen molar-refractivity contribution >= 4 is 33.3 Å². The quantitative estimate of drug-likeness (QED) is 0.539. The number of carbonyl (C=O) groups excluding carboxylic acids is 2. The first-order valence-electron chi connectivity index (χ1n) is 10.00. The molecule has 31 heavy (non-hydrogen) atoms. The summed E-state index contributed by atoms with van der Waals surface area (Å²) in [6.45, 7) is 3.40. The number of hydrogen-bond donors (Lipinski definition) is 0. The van der Waals surface area contributed by atoms with Gasteiger partial charge in [-0.3, -0.25) is 4.79 Å². The SMILES string of the molecule is C[C@H](OC(=O)c1sc2cccc(F)c2c1COc1ccccc1)C(=O)N1CCOCC1. The van der Waals surface area contributed by atoms with Crippen LogP contribution in [0.4, 0.5) is 4.39 Å². The highest BCUT2D eigenvalue weighted by Crippen LogP contribution is 2.35. The zero-order chi connectivity index (χ0) is 21.8. The van der Waals surface area contributed by atoms with Gasteiger partial charge in [0.05, 0.1) is 13.2 Å². The van der Waals surface area contributed by atoms with Crippen molar-refractivity contribution in [3.05, 3.63) is 64.8 Å². The van der Waals surface area contributed by atoms with Gasteiger partial charge in [-0.15, -0.1) is 11.3 Å². The number of fused-ring (bicyclic) bond motifs is 1. The summed E-state index contributed by atoms with van der Waals surface area (Å²) in [6, 6.07) is 13.8. The number of para-hydroxylation sites is 1. The van der Waals surface area contributed by atoms with E-state index in [2.05, 4.69) is 0 Å². The molecule has 0 spiro atoms. The summed E-state index contributed by atoms with van der Waals surface area (Å²) in [4.78, 5) is 27.4. The van der Waals surface area contributed by atoms with Gasteiger partial charge in [-0.2, -0.15) is 0 Å². The van der Waals surface area contributed by atoms with Crippen molar-refractivity contribution in [3.63, 3.8) is 0 Å². The maximum absolute atomic E-state index is 14.6. The van der Waals surface area contributed by atoms with Gasteiger partial charge in [0, 0.05) is 28.7 Å². The third kappa shape index (κ3) is 4.70. The van der Waals surface area contributed by atoms with E-state index in [4.69, 9.17) is 14.2 Å². The van der Waals surface area contributed by atoms with E-state index >= 15 is 0 Å². The van der Waals surface area contributed by atoms with Crippen LogP contribution in [0.15, 0.2) is 48.5 Å². The molecule has 1 saturated heterocycles. The summed E-state index contributed by atoms with van der Waals surface area (Å²) in [7, 11) is 0. The number of rotatable bonds is 6. The second-order valence-electron chi connectivity index (χ2n) is 7.11. The molecule has 8 heteroatoms. The largest absolute Gasteiger partial charge is 0.489 e. The minimum absolute atomic E-state index is 0.00116. The monoisotopic (exact) mass is 443 g/mol. The average molecular weight is 443 g/mol. The Morgan fingerprint density at radius 1 is 1.13 bits per heavy atom. The fourth-order valence-corrected chi connectivity index (χ4v) is 4.55. The van der Waals surface area contributed by atoms with E-state index in [1.807, 2.05) is 18.2 Å². The Morgan fingerprint density at radius 2 is 1.87 bits per heavy atom. The minimum Gasteiger partial charge on any atom is -0.489 e. The van der Waals surface area contributed by atoms with Crippen LogP contribution >= 0.6 is 11.3 Å². The molecule has 0 radical (unpaired) electrons. The van der Waals surface area contributed by atoms with Crippen molar-refractivity contribution in [2.75, 3.05) is 26.3 Å². The van der Waals surface area contributed by atoms with Crippen molar-refractivity contribution in [2.45, 2.75) is 19.6 Å². The van der Waals surface area contributed by atoms with E-state index in [-0.39, 0.29) is 17.4 Å². The van der Waals surface area contributed by atoms with Gasteiger partial charge in [-0.25, -0.2) is 9.18 Å². The lowest BCUT2D eigenvalue weighted by molar-refractivity contribution is -0.143. The van der Waals surface area contributed by atoms with Crippen LogP contribution in [0, 0.1) is 5.82 Å². The molecule has 0 bridgehead atoms. The Morgan fingerprint density at radius 3 is 2.61 bits per heavy atom. The number of halogens is 1. The maximum atomic E-state index is 14.6. The molecule has 3 aromatic rings. The molecule has 1 aliphatic rings. The molecular formula is C23H22FNO5S. The van der Waals surface area contributed by atoms with Gasteiger partial charge in [-0.05, 0) is 31.2 Å². The Labute approximate surface area is 183 Å².